The average molecular weight is 220 g/mol. The molecule has 0 N–H and O–H groups in total. The molecule has 0 aromatic rings. The maximum atomic E-state index is 11.4. The van der Waals surface area contributed by atoms with Crippen LogP contribution in [0.5, 0.6) is 0 Å². The first-order valence-corrected chi connectivity index (χ1v) is 6.45. The highest BCUT2D eigenvalue weighted by Crippen LogP contribution is 2.22. The summed E-state index contributed by atoms with van der Waals surface area (Å²) in [6.07, 6.45) is 10.8. The molecule has 1 heteroatoms. The highest BCUT2D eigenvalue weighted by molar-refractivity contribution is 5.97. The molecule has 1 fully saturated rings. The van der Waals surface area contributed by atoms with E-state index in [4.69, 9.17) is 0 Å². The van der Waals surface area contributed by atoms with Gasteiger partial charge in [0.15, 0.2) is 5.78 Å². The lowest BCUT2D eigenvalue weighted by atomic mass is 9.99. The van der Waals surface area contributed by atoms with Crippen molar-refractivity contribution in [3.63, 3.8) is 0 Å². The van der Waals surface area contributed by atoms with Crippen LogP contribution < -0.4 is 0 Å². The minimum absolute atomic E-state index is 0.386. The van der Waals surface area contributed by atoms with Gasteiger partial charge in [0.1, 0.15) is 0 Å². The van der Waals surface area contributed by atoms with E-state index in [9.17, 15) is 4.79 Å². The van der Waals surface area contributed by atoms with Gasteiger partial charge in [0, 0.05) is 6.42 Å². The van der Waals surface area contributed by atoms with E-state index in [0.717, 1.165) is 31.3 Å². The second-order valence-electron chi connectivity index (χ2n) is 5.21. The molecule has 0 aliphatic heterocycles. The zero-order valence-electron chi connectivity index (χ0n) is 10.9. The van der Waals surface area contributed by atoms with E-state index in [1.165, 1.54) is 18.4 Å². The first-order chi connectivity index (χ1) is 7.59. The van der Waals surface area contributed by atoms with Gasteiger partial charge in [-0.15, -0.1) is 0 Å². The summed E-state index contributed by atoms with van der Waals surface area (Å²) >= 11 is 0. The fourth-order valence-electron chi connectivity index (χ4n) is 2.07. The predicted octanol–water partition coefficient (Wildman–Crippen LogP) is 4.44. The van der Waals surface area contributed by atoms with Crippen molar-refractivity contribution in [1.82, 2.24) is 0 Å². The fourth-order valence-corrected chi connectivity index (χ4v) is 2.07. The van der Waals surface area contributed by atoms with Crippen molar-refractivity contribution >= 4 is 5.78 Å². The van der Waals surface area contributed by atoms with Crippen molar-refractivity contribution < 1.29 is 4.79 Å². The zero-order chi connectivity index (χ0) is 12.0. The number of allylic oxidation sites excluding steroid dienone is 4. The lowest BCUT2D eigenvalue weighted by molar-refractivity contribution is -0.114. The maximum Gasteiger partial charge on any atom is 0.158 e. The zero-order valence-corrected chi connectivity index (χ0v) is 10.9. The van der Waals surface area contributed by atoms with E-state index in [0.29, 0.717) is 11.7 Å². The van der Waals surface area contributed by atoms with Crippen molar-refractivity contribution in [2.24, 2.45) is 5.92 Å². The Bertz CT molecular complexity index is 293. The number of carbonyl (C=O) groups is 1. The second-order valence-corrected chi connectivity index (χ2v) is 5.21. The molecule has 0 aromatic heterocycles. The third-order valence-corrected chi connectivity index (χ3v) is 3.19. The van der Waals surface area contributed by atoms with Gasteiger partial charge in [-0.2, -0.15) is 0 Å². The van der Waals surface area contributed by atoms with Gasteiger partial charge >= 0.3 is 0 Å². The Kier molecular flexibility index (Phi) is 5.51. The summed E-state index contributed by atoms with van der Waals surface area (Å²) in [6.45, 7) is 6.56. The molecule has 0 heterocycles. The number of Topliss-reactive ketones (excluding diaryl/α,β-unsaturated/α-hetero) is 1. The van der Waals surface area contributed by atoms with Gasteiger partial charge in [-0.3, -0.25) is 4.79 Å². The molecular formula is C15H24O. The molecule has 0 radical (unpaired) electrons. The Morgan fingerprint density at radius 1 is 1.38 bits per heavy atom. The van der Waals surface area contributed by atoms with E-state index in [2.05, 4.69) is 32.9 Å². The summed E-state index contributed by atoms with van der Waals surface area (Å²) in [4.78, 5) is 11.4. The maximum absolute atomic E-state index is 11.4. The summed E-state index contributed by atoms with van der Waals surface area (Å²) in [5, 5.41) is 0. The highest BCUT2D eigenvalue weighted by Gasteiger charge is 2.16. The van der Waals surface area contributed by atoms with Crippen molar-refractivity contribution in [2.45, 2.75) is 59.3 Å². The first kappa shape index (κ1) is 13.2. The summed E-state index contributed by atoms with van der Waals surface area (Å²) in [7, 11) is 0. The molecule has 0 amide bonds. The highest BCUT2D eigenvalue weighted by atomic mass is 16.1. The SMILES string of the molecule is CC(C)=CCCC(C)CC=C1CCCC1=O. The molecule has 1 unspecified atom stereocenters. The summed E-state index contributed by atoms with van der Waals surface area (Å²) in [5.41, 5.74) is 2.49. The van der Waals surface area contributed by atoms with Crippen molar-refractivity contribution in [2.75, 3.05) is 0 Å². The van der Waals surface area contributed by atoms with Gasteiger partial charge in [-0.25, -0.2) is 0 Å². The van der Waals surface area contributed by atoms with Crippen molar-refractivity contribution in [3.8, 4) is 0 Å². The molecule has 1 saturated carbocycles. The van der Waals surface area contributed by atoms with Crippen LogP contribution in [0.4, 0.5) is 0 Å². The van der Waals surface area contributed by atoms with Crippen molar-refractivity contribution in [1.29, 1.82) is 0 Å². The molecular weight excluding hydrogens is 196 g/mol. The summed E-state index contributed by atoms with van der Waals surface area (Å²) in [6, 6.07) is 0. The molecule has 1 aliphatic carbocycles. The van der Waals surface area contributed by atoms with Crippen LogP contribution in [0.2, 0.25) is 0 Å². The van der Waals surface area contributed by atoms with Gasteiger partial charge < -0.3 is 0 Å². The van der Waals surface area contributed by atoms with Crippen molar-refractivity contribution in [3.05, 3.63) is 23.3 Å². The predicted molar refractivity (Wildman–Crippen MR) is 69.4 cm³/mol. The Morgan fingerprint density at radius 2 is 2.12 bits per heavy atom. The number of hydrogen-bond donors (Lipinski definition) is 0. The Balaban J connectivity index is 2.26. The smallest absolute Gasteiger partial charge is 0.158 e. The molecule has 1 rings (SSSR count). The molecule has 1 aliphatic rings. The molecule has 0 bridgehead atoms. The van der Waals surface area contributed by atoms with Gasteiger partial charge in [0.05, 0.1) is 0 Å². The molecule has 0 aromatic carbocycles. The monoisotopic (exact) mass is 220 g/mol. The van der Waals surface area contributed by atoms with Gasteiger partial charge in [0.25, 0.3) is 0 Å². The summed E-state index contributed by atoms with van der Waals surface area (Å²) in [5.74, 6) is 1.08. The quantitative estimate of drug-likeness (QED) is 0.494. The summed E-state index contributed by atoms with van der Waals surface area (Å²) < 4.78 is 0. The number of carbonyl (C=O) groups excluding carboxylic acids is 1. The van der Waals surface area contributed by atoms with E-state index in [1.54, 1.807) is 0 Å². The van der Waals surface area contributed by atoms with E-state index in [-0.39, 0.29) is 0 Å². The van der Waals surface area contributed by atoms with Crippen LogP contribution in [0.25, 0.3) is 0 Å². The molecule has 16 heavy (non-hydrogen) atoms. The van der Waals surface area contributed by atoms with Crippen LogP contribution in [-0.4, -0.2) is 5.78 Å². The number of hydrogen-bond acceptors (Lipinski definition) is 1. The normalized spacial score (nSPS) is 20.2. The molecule has 0 saturated heterocycles. The Labute approximate surface area is 99.6 Å². The van der Waals surface area contributed by atoms with Crippen LogP contribution in [0.3, 0.4) is 0 Å². The first-order valence-electron chi connectivity index (χ1n) is 6.45. The van der Waals surface area contributed by atoms with Crippen LogP contribution in [0.15, 0.2) is 23.3 Å². The lowest BCUT2D eigenvalue weighted by Gasteiger charge is -2.07. The molecule has 1 atom stereocenters. The topological polar surface area (TPSA) is 17.1 Å². The standard InChI is InChI=1S/C15H24O/c1-12(2)6-4-7-13(3)10-11-14-8-5-9-15(14)16/h6,11,13H,4-5,7-10H2,1-3H3. The van der Waals surface area contributed by atoms with E-state index < -0.39 is 0 Å². The average Bonchev–Trinajstić information content (AvgIpc) is 2.60. The number of ketones is 1. The third kappa shape index (κ3) is 4.78. The van der Waals surface area contributed by atoms with Gasteiger partial charge in [0.2, 0.25) is 0 Å². The van der Waals surface area contributed by atoms with Crippen LogP contribution in [-0.2, 0) is 4.79 Å². The van der Waals surface area contributed by atoms with Gasteiger partial charge in [-0.1, -0.05) is 24.6 Å². The fraction of sp³-hybridized carbons (Fsp3) is 0.667. The molecule has 90 valence electrons. The second kappa shape index (κ2) is 6.67. The van der Waals surface area contributed by atoms with E-state index in [1.807, 2.05) is 0 Å². The number of rotatable bonds is 5. The van der Waals surface area contributed by atoms with Crippen LogP contribution >= 0.6 is 0 Å². The largest absolute Gasteiger partial charge is 0.295 e. The molecule has 0 spiro atoms. The van der Waals surface area contributed by atoms with Gasteiger partial charge in [-0.05, 0) is 57.4 Å². The van der Waals surface area contributed by atoms with E-state index >= 15 is 0 Å². The van der Waals surface area contributed by atoms with Crippen LogP contribution in [0, 0.1) is 5.92 Å². The molecule has 1 nitrogen and oxygen atoms in total. The minimum Gasteiger partial charge on any atom is -0.295 e. The Morgan fingerprint density at radius 3 is 2.69 bits per heavy atom. The lowest BCUT2D eigenvalue weighted by Crippen LogP contribution is -1.96. The minimum atomic E-state index is 0.386. The third-order valence-electron chi connectivity index (χ3n) is 3.19. The Hall–Kier alpha value is -0.850. The van der Waals surface area contributed by atoms with Crippen LogP contribution in [0.1, 0.15) is 59.3 Å².